The van der Waals surface area contributed by atoms with E-state index in [1.165, 1.54) is 0 Å². The van der Waals surface area contributed by atoms with Crippen molar-refractivity contribution in [3.63, 3.8) is 0 Å². The molecule has 25 heavy (non-hydrogen) atoms. The molecule has 1 fully saturated rings. The van der Waals surface area contributed by atoms with Gasteiger partial charge in [-0.1, -0.05) is 24.3 Å². The number of ether oxygens (including phenoxy) is 1. The lowest BCUT2D eigenvalue weighted by atomic mass is 10.1. The van der Waals surface area contributed by atoms with Crippen LogP contribution in [0.1, 0.15) is 23.2 Å². The molecule has 6 heteroatoms. The molecule has 0 aromatic heterocycles. The number of rotatable bonds is 5. The molecular weight excluding hydrogens is 334 g/mol. The van der Waals surface area contributed by atoms with Crippen LogP contribution in [0.4, 0.5) is 11.4 Å². The molecule has 2 aromatic carbocycles. The molecule has 130 valence electrons. The van der Waals surface area contributed by atoms with Crippen molar-refractivity contribution >= 4 is 34.6 Å². The predicted octanol–water partition coefficient (Wildman–Crippen LogP) is 3.40. The van der Waals surface area contributed by atoms with Gasteiger partial charge in [-0.05, 0) is 55.4 Å². The zero-order chi connectivity index (χ0) is 17.5. The van der Waals surface area contributed by atoms with Gasteiger partial charge in [0.1, 0.15) is 0 Å². The second-order valence-corrected chi connectivity index (χ2v) is 6.28. The highest BCUT2D eigenvalue weighted by atomic mass is 32.1. The molecule has 1 saturated heterocycles. The number of hydrogen-bond acceptors (Lipinski definition) is 3. The van der Waals surface area contributed by atoms with E-state index in [1.807, 2.05) is 42.5 Å². The Morgan fingerprint density at radius 3 is 2.60 bits per heavy atom. The topological polar surface area (TPSA) is 62.4 Å². The van der Waals surface area contributed by atoms with Crippen LogP contribution in [0.5, 0.6) is 0 Å². The number of thiocarbonyl (C=S) groups is 1. The molecule has 5 nitrogen and oxygen atoms in total. The summed E-state index contributed by atoms with van der Waals surface area (Å²) in [6.45, 7) is 1.33. The number of carbonyl (C=O) groups excluding carboxylic acids is 1. The van der Waals surface area contributed by atoms with Crippen LogP contribution in [0, 0.1) is 0 Å². The van der Waals surface area contributed by atoms with Crippen LogP contribution in [-0.4, -0.2) is 30.3 Å². The molecule has 0 bridgehead atoms. The third kappa shape index (κ3) is 5.27. The predicted molar refractivity (Wildman–Crippen MR) is 104 cm³/mol. The highest BCUT2D eigenvalue weighted by molar-refractivity contribution is 7.80. The monoisotopic (exact) mass is 355 g/mol. The number of nitrogens with one attached hydrogen (secondary N) is 3. The fourth-order valence-electron chi connectivity index (χ4n) is 2.67. The van der Waals surface area contributed by atoms with Gasteiger partial charge in [-0.3, -0.25) is 4.79 Å². The van der Waals surface area contributed by atoms with Crippen molar-refractivity contribution in [1.82, 2.24) is 5.32 Å². The van der Waals surface area contributed by atoms with Crippen molar-refractivity contribution in [2.75, 3.05) is 23.8 Å². The molecule has 1 aliphatic rings. The summed E-state index contributed by atoms with van der Waals surface area (Å²) < 4.78 is 5.52. The molecule has 3 rings (SSSR count). The first-order valence-electron chi connectivity index (χ1n) is 8.33. The summed E-state index contributed by atoms with van der Waals surface area (Å²) in [7, 11) is 0. The number of amides is 1. The molecule has 0 spiro atoms. The average Bonchev–Trinajstić information content (AvgIpc) is 3.14. The molecule has 0 aliphatic carbocycles. The lowest BCUT2D eigenvalue weighted by Crippen LogP contribution is -2.31. The fraction of sp³-hybridized carbons (Fsp3) is 0.263. The lowest BCUT2D eigenvalue weighted by Gasteiger charge is -2.13. The summed E-state index contributed by atoms with van der Waals surface area (Å²) in [5, 5.41) is 9.60. The van der Waals surface area contributed by atoms with Crippen molar-refractivity contribution in [3.8, 4) is 0 Å². The quantitative estimate of drug-likeness (QED) is 0.718. The second-order valence-electron chi connectivity index (χ2n) is 5.87. The van der Waals surface area contributed by atoms with Gasteiger partial charge in [0, 0.05) is 30.1 Å². The Kier molecular flexibility index (Phi) is 5.98. The van der Waals surface area contributed by atoms with Crippen LogP contribution < -0.4 is 16.0 Å². The van der Waals surface area contributed by atoms with Crippen LogP contribution >= 0.6 is 12.2 Å². The lowest BCUT2D eigenvalue weighted by molar-refractivity contribution is 0.0858. The minimum absolute atomic E-state index is 0.110. The number of carbonyl (C=O) groups is 1. The van der Waals surface area contributed by atoms with E-state index in [1.54, 1.807) is 12.1 Å². The third-order valence-electron chi connectivity index (χ3n) is 3.93. The maximum atomic E-state index is 12.3. The van der Waals surface area contributed by atoms with Crippen molar-refractivity contribution in [3.05, 3.63) is 60.2 Å². The molecule has 3 N–H and O–H groups in total. The van der Waals surface area contributed by atoms with Crippen molar-refractivity contribution in [1.29, 1.82) is 0 Å². The molecule has 1 aliphatic heterocycles. The standard InChI is InChI=1S/C19H21N3O2S/c23-18(20-13-17-10-5-11-24-17)14-6-4-9-16(12-14)22-19(25)21-15-7-2-1-3-8-15/h1-4,6-9,12,17H,5,10-11,13H2,(H,20,23)(H2,21,22,25)/t17-/m0/s1. The molecular formula is C19H21N3O2S. The third-order valence-corrected chi connectivity index (χ3v) is 4.13. The van der Waals surface area contributed by atoms with E-state index < -0.39 is 0 Å². The van der Waals surface area contributed by atoms with Gasteiger partial charge in [-0.25, -0.2) is 0 Å². The smallest absolute Gasteiger partial charge is 0.251 e. The zero-order valence-corrected chi connectivity index (χ0v) is 14.6. The number of para-hydroxylation sites is 1. The Hall–Kier alpha value is -2.44. The van der Waals surface area contributed by atoms with E-state index in [0.717, 1.165) is 30.8 Å². The van der Waals surface area contributed by atoms with Crippen molar-refractivity contribution in [2.45, 2.75) is 18.9 Å². The SMILES string of the molecule is O=C(NC[C@@H]1CCCO1)c1cccc(NC(=S)Nc2ccccc2)c1. The van der Waals surface area contributed by atoms with Crippen LogP contribution in [0.25, 0.3) is 0 Å². The Morgan fingerprint density at radius 1 is 1.08 bits per heavy atom. The highest BCUT2D eigenvalue weighted by Crippen LogP contribution is 2.14. The Balaban J connectivity index is 1.55. The van der Waals surface area contributed by atoms with Gasteiger partial charge in [0.25, 0.3) is 5.91 Å². The molecule has 1 atom stereocenters. The first kappa shape index (κ1) is 17.4. The van der Waals surface area contributed by atoms with Crippen LogP contribution in [0.3, 0.4) is 0 Å². The van der Waals surface area contributed by atoms with Gasteiger partial charge in [-0.2, -0.15) is 0 Å². The Labute approximate surface area is 152 Å². The van der Waals surface area contributed by atoms with E-state index in [0.29, 0.717) is 17.2 Å². The van der Waals surface area contributed by atoms with E-state index in [9.17, 15) is 4.79 Å². The van der Waals surface area contributed by atoms with Gasteiger partial charge < -0.3 is 20.7 Å². The van der Waals surface area contributed by atoms with Gasteiger partial charge in [-0.15, -0.1) is 0 Å². The van der Waals surface area contributed by atoms with Gasteiger partial charge in [0.05, 0.1) is 6.10 Å². The van der Waals surface area contributed by atoms with Crippen molar-refractivity contribution < 1.29 is 9.53 Å². The minimum Gasteiger partial charge on any atom is -0.376 e. The average molecular weight is 355 g/mol. The van der Waals surface area contributed by atoms with Gasteiger partial charge in [0.15, 0.2) is 5.11 Å². The number of benzene rings is 2. The van der Waals surface area contributed by atoms with Crippen LogP contribution in [0.15, 0.2) is 54.6 Å². The van der Waals surface area contributed by atoms with Gasteiger partial charge >= 0.3 is 0 Å². The fourth-order valence-corrected chi connectivity index (χ4v) is 2.90. The molecule has 2 aromatic rings. The summed E-state index contributed by atoms with van der Waals surface area (Å²) in [5.41, 5.74) is 2.26. The van der Waals surface area contributed by atoms with Gasteiger partial charge in [0.2, 0.25) is 0 Å². The largest absolute Gasteiger partial charge is 0.376 e. The number of hydrogen-bond donors (Lipinski definition) is 3. The first-order valence-corrected chi connectivity index (χ1v) is 8.74. The maximum absolute atomic E-state index is 12.3. The molecule has 1 amide bonds. The zero-order valence-electron chi connectivity index (χ0n) is 13.8. The maximum Gasteiger partial charge on any atom is 0.251 e. The van der Waals surface area contributed by atoms with Crippen LogP contribution in [0.2, 0.25) is 0 Å². The normalized spacial score (nSPS) is 16.2. The molecule has 0 saturated carbocycles. The second kappa shape index (κ2) is 8.60. The van der Waals surface area contributed by atoms with E-state index in [4.69, 9.17) is 17.0 Å². The van der Waals surface area contributed by atoms with Crippen LogP contribution in [-0.2, 0) is 4.74 Å². The highest BCUT2D eigenvalue weighted by Gasteiger charge is 2.16. The number of anilines is 2. The summed E-state index contributed by atoms with van der Waals surface area (Å²) in [5.74, 6) is -0.110. The Morgan fingerprint density at radius 2 is 1.84 bits per heavy atom. The van der Waals surface area contributed by atoms with Crippen molar-refractivity contribution in [2.24, 2.45) is 0 Å². The Bertz CT molecular complexity index is 730. The molecule has 1 heterocycles. The van der Waals surface area contributed by atoms with E-state index in [-0.39, 0.29) is 12.0 Å². The summed E-state index contributed by atoms with van der Waals surface area (Å²) >= 11 is 5.31. The summed E-state index contributed by atoms with van der Waals surface area (Å²) in [6.07, 6.45) is 2.19. The van der Waals surface area contributed by atoms with E-state index >= 15 is 0 Å². The first-order chi connectivity index (χ1) is 12.2. The summed E-state index contributed by atoms with van der Waals surface area (Å²) in [4.78, 5) is 12.3. The van der Waals surface area contributed by atoms with E-state index in [2.05, 4.69) is 16.0 Å². The molecule has 0 radical (unpaired) electrons. The molecule has 0 unspecified atom stereocenters. The minimum atomic E-state index is -0.110. The summed E-state index contributed by atoms with van der Waals surface area (Å²) in [6, 6.07) is 16.9.